The van der Waals surface area contributed by atoms with Gasteiger partial charge in [0.25, 0.3) is 0 Å². The van der Waals surface area contributed by atoms with Crippen LogP contribution >= 0.6 is 19.6 Å². The maximum absolute atomic E-state index is 10.6. The molecule has 15 heavy (non-hydrogen) atoms. The summed E-state index contributed by atoms with van der Waals surface area (Å²) in [5, 5.41) is 10.3. The van der Waals surface area contributed by atoms with Crippen LogP contribution in [0.3, 0.4) is 0 Å². The van der Waals surface area contributed by atoms with Crippen LogP contribution in [0.5, 0.6) is 0 Å². The van der Waals surface area contributed by atoms with Crippen molar-refractivity contribution in [1.82, 2.24) is 0 Å². The van der Waals surface area contributed by atoms with Gasteiger partial charge in [-0.25, -0.2) is 0 Å². The van der Waals surface area contributed by atoms with Crippen molar-refractivity contribution in [2.75, 3.05) is 13.3 Å². The summed E-state index contributed by atoms with van der Waals surface area (Å²) in [6.45, 7) is 1.76. The van der Waals surface area contributed by atoms with Crippen molar-refractivity contribution in [2.45, 2.75) is 12.5 Å². The summed E-state index contributed by atoms with van der Waals surface area (Å²) in [5.41, 5.74) is 0.748. The lowest BCUT2D eigenvalue weighted by molar-refractivity contribution is 0.143. The minimum absolute atomic E-state index is 0.277. The second-order valence-corrected chi connectivity index (χ2v) is 4.71. The summed E-state index contributed by atoms with van der Waals surface area (Å²) in [5.74, 6) is 0. The molecule has 0 aromatic heterocycles. The van der Waals surface area contributed by atoms with Gasteiger partial charge >= 0.3 is 8.03 Å². The van der Waals surface area contributed by atoms with E-state index < -0.39 is 14.1 Å². The molecule has 1 rings (SSSR count). The monoisotopic (exact) mass is 247 g/mol. The average Bonchev–Trinajstić information content (AvgIpc) is 2.17. The zero-order chi connectivity index (χ0) is 11.3. The molecule has 82 valence electrons. The molecule has 0 aliphatic rings. The maximum Gasteiger partial charge on any atom is 0.504 e. The van der Waals surface area contributed by atoms with Gasteiger partial charge in [-0.05, 0) is 22.3 Å². The highest BCUT2D eigenvalue weighted by Crippen LogP contribution is 2.22. The Kier molecular flexibility index (Phi) is 5.20. The maximum atomic E-state index is 10.6. The Morgan fingerprint density at radius 2 is 2.33 bits per heavy atom. The van der Waals surface area contributed by atoms with E-state index in [0.717, 1.165) is 5.56 Å². The Morgan fingerprint density at radius 1 is 1.60 bits per heavy atom. The Hall–Kier alpha value is -0.470. The molecule has 0 bridgehead atoms. The molecule has 0 saturated heterocycles. The summed E-state index contributed by atoms with van der Waals surface area (Å²) in [6.07, 6.45) is -0.214. The van der Waals surface area contributed by atoms with Gasteiger partial charge < -0.3 is 5.11 Å². The molecule has 1 aromatic carbocycles. The summed E-state index contributed by atoms with van der Waals surface area (Å²) >= 11 is 5.78. The lowest BCUT2D eigenvalue weighted by atomic mass is 10.1. The first-order valence-electron chi connectivity index (χ1n) is 4.57. The van der Waals surface area contributed by atoms with E-state index >= 15 is 0 Å². The van der Waals surface area contributed by atoms with E-state index in [1.807, 2.05) is 0 Å². The number of aliphatic hydroxyl groups excluding tert-OH is 1. The molecule has 0 spiro atoms. The minimum Gasteiger partial charge on any atom is -0.388 e. The fraction of sp³-hybridized carbons (Fsp3) is 0.400. The van der Waals surface area contributed by atoms with Crippen molar-refractivity contribution in [3.05, 3.63) is 34.9 Å². The highest BCUT2D eigenvalue weighted by molar-refractivity contribution is 7.38. The predicted molar refractivity (Wildman–Crippen MR) is 60.5 cm³/mol. The van der Waals surface area contributed by atoms with E-state index in [2.05, 4.69) is 0 Å². The van der Waals surface area contributed by atoms with Crippen LogP contribution in [0, 0.1) is 0 Å². The first-order valence-corrected chi connectivity index (χ1v) is 6.57. The summed E-state index contributed by atoms with van der Waals surface area (Å²) in [4.78, 5) is 0. The number of benzene rings is 1. The Bertz CT molecular complexity index is 343. The third-order valence-corrected chi connectivity index (χ3v) is 2.68. The molecular weight excluding hydrogens is 235 g/mol. The third-order valence-electron chi connectivity index (χ3n) is 1.90. The molecule has 0 heterocycles. The Labute approximate surface area is 94.9 Å². The standard InChI is InChI=1S/C10H13ClO3P/c1-15(13)14-6-5-10(12)8-3-2-4-9(11)7-8/h2-4,7,10,12H,5-6H2,1H3/q+1/t10-/m0/s1. The highest BCUT2D eigenvalue weighted by atomic mass is 35.5. The molecule has 0 radical (unpaired) electrons. The molecule has 0 fully saturated rings. The molecule has 2 atom stereocenters. The van der Waals surface area contributed by atoms with Gasteiger partial charge in [0, 0.05) is 11.4 Å². The van der Waals surface area contributed by atoms with Crippen LogP contribution in [0.4, 0.5) is 0 Å². The molecule has 1 N–H and O–H groups in total. The van der Waals surface area contributed by atoms with Gasteiger partial charge in [-0.1, -0.05) is 23.7 Å². The Balaban J connectivity index is 2.46. The second-order valence-electron chi connectivity index (χ2n) is 3.13. The first kappa shape index (κ1) is 12.6. The number of hydrogen-bond acceptors (Lipinski definition) is 3. The molecule has 1 aromatic rings. The molecular formula is C10H13ClO3P+. The Morgan fingerprint density at radius 3 is 2.93 bits per heavy atom. The molecule has 3 nitrogen and oxygen atoms in total. The van der Waals surface area contributed by atoms with E-state index in [4.69, 9.17) is 16.1 Å². The normalized spacial score (nSPS) is 13.7. The van der Waals surface area contributed by atoms with E-state index in [1.54, 1.807) is 24.3 Å². The van der Waals surface area contributed by atoms with Crippen LogP contribution in [-0.2, 0) is 9.09 Å². The molecule has 0 saturated carbocycles. The second kappa shape index (κ2) is 6.19. The van der Waals surface area contributed by atoms with Gasteiger partial charge in [-0.3, -0.25) is 0 Å². The van der Waals surface area contributed by atoms with Crippen LogP contribution in [0.2, 0.25) is 5.02 Å². The number of aliphatic hydroxyl groups is 1. The van der Waals surface area contributed by atoms with Crippen LogP contribution in [-0.4, -0.2) is 18.4 Å². The van der Waals surface area contributed by atoms with Gasteiger partial charge in [0.15, 0.2) is 6.66 Å². The van der Waals surface area contributed by atoms with Gasteiger partial charge in [0.1, 0.15) is 6.61 Å². The number of hydrogen-bond donors (Lipinski definition) is 1. The third kappa shape index (κ3) is 4.72. The van der Waals surface area contributed by atoms with Crippen molar-refractivity contribution < 1.29 is 14.2 Å². The van der Waals surface area contributed by atoms with Gasteiger partial charge in [0.05, 0.1) is 6.10 Å². The molecule has 0 aliphatic heterocycles. The lowest BCUT2D eigenvalue weighted by Gasteiger charge is -2.08. The topological polar surface area (TPSA) is 46.5 Å². The van der Waals surface area contributed by atoms with Crippen molar-refractivity contribution in [1.29, 1.82) is 0 Å². The SMILES string of the molecule is C[P+](=O)OCC[C@H](O)c1cccc(Cl)c1. The van der Waals surface area contributed by atoms with E-state index in [9.17, 15) is 9.67 Å². The van der Waals surface area contributed by atoms with Crippen LogP contribution in [0.25, 0.3) is 0 Å². The van der Waals surface area contributed by atoms with Gasteiger partial charge in [0.2, 0.25) is 0 Å². The van der Waals surface area contributed by atoms with Crippen LogP contribution < -0.4 is 0 Å². The van der Waals surface area contributed by atoms with E-state index in [-0.39, 0.29) is 6.61 Å². The lowest BCUT2D eigenvalue weighted by Crippen LogP contribution is -2.00. The molecule has 0 amide bonds. The van der Waals surface area contributed by atoms with Crippen LogP contribution in [0.15, 0.2) is 24.3 Å². The van der Waals surface area contributed by atoms with Gasteiger partial charge in [-0.15, -0.1) is 4.52 Å². The van der Waals surface area contributed by atoms with Crippen molar-refractivity contribution >= 4 is 19.6 Å². The quantitative estimate of drug-likeness (QED) is 0.813. The average molecular weight is 248 g/mol. The summed E-state index contributed by atoms with van der Waals surface area (Å²) < 4.78 is 15.5. The van der Waals surface area contributed by atoms with Crippen molar-refractivity contribution in [3.63, 3.8) is 0 Å². The van der Waals surface area contributed by atoms with E-state index in [0.29, 0.717) is 11.4 Å². The number of halogens is 1. The highest BCUT2D eigenvalue weighted by Gasteiger charge is 2.12. The predicted octanol–water partition coefficient (Wildman–Crippen LogP) is 3.15. The fourth-order valence-corrected chi connectivity index (χ4v) is 1.73. The molecule has 0 aliphatic carbocycles. The summed E-state index contributed by atoms with van der Waals surface area (Å²) in [7, 11) is -1.59. The first-order chi connectivity index (χ1) is 7.09. The largest absolute Gasteiger partial charge is 0.504 e. The zero-order valence-electron chi connectivity index (χ0n) is 8.39. The van der Waals surface area contributed by atoms with Crippen molar-refractivity contribution in [2.24, 2.45) is 0 Å². The summed E-state index contributed by atoms with van der Waals surface area (Å²) in [6, 6.07) is 7.03. The molecule has 5 heteroatoms. The van der Waals surface area contributed by atoms with E-state index in [1.165, 1.54) is 6.66 Å². The smallest absolute Gasteiger partial charge is 0.388 e. The van der Waals surface area contributed by atoms with Gasteiger partial charge in [-0.2, -0.15) is 0 Å². The minimum atomic E-state index is -1.59. The molecule has 1 unspecified atom stereocenters. The fourth-order valence-electron chi connectivity index (χ4n) is 1.17. The van der Waals surface area contributed by atoms with Crippen LogP contribution in [0.1, 0.15) is 18.1 Å². The van der Waals surface area contributed by atoms with Crippen molar-refractivity contribution in [3.8, 4) is 0 Å². The zero-order valence-corrected chi connectivity index (χ0v) is 10.0. The number of rotatable bonds is 5.